The van der Waals surface area contributed by atoms with E-state index in [0.29, 0.717) is 34.6 Å². The number of nitrogens with zero attached hydrogens (tertiary/aromatic N) is 1. The standard InChI is InChI=1S/C28H38N2O7/c1-3-4-10-23(33)30(18-8-6-5-7-9-18)21-15-20(28(35)29-11-12-31)24-19-13-17(16-32)14-22(36-2)26(19)37-27(24)25(21)34/h4,10,13-15,18,21,24-25,27,31-32,34H,3,5-9,11-12,16H2,1-2H3,(H,29,35). The summed E-state index contributed by atoms with van der Waals surface area (Å²) >= 11 is 0. The lowest BCUT2D eigenvalue weighted by Gasteiger charge is -2.44. The largest absolute Gasteiger partial charge is 0.493 e. The van der Waals surface area contributed by atoms with Crippen LogP contribution in [0.4, 0.5) is 0 Å². The number of fused-ring (bicyclic) bond motifs is 3. The van der Waals surface area contributed by atoms with Crippen LogP contribution in [0.15, 0.2) is 35.9 Å². The smallest absolute Gasteiger partial charge is 0.247 e. The molecule has 1 aromatic carbocycles. The van der Waals surface area contributed by atoms with Gasteiger partial charge in [-0.3, -0.25) is 9.59 Å². The van der Waals surface area contributed by atoms with Gasteiger partial charge >= 0.3 is 0 Å². The molecule has 202 valence electrons. The predicted molar refractivity (Wildman–Crippen MR) is 137 cm³/mol. The zero-order valence-corrected chi connectivity index (χ0v) is 21.6. The molecule has 9 heteroatoms. The Bertz CT molecular complexity index is 1050. The molecule has 4 rings (SSSR count). The molecule has 4 atom stereocenters. The third-order valence-electron chi connectivity index (χ3n) is 7.53. The fourth-order valence-electron chi connectivity index (χ4n) is 5.82. The van der Waals surface area contributed by atoms with Gasteiger partial charge in [0.25, 0.3) is 0 Å². The molecule has 37 heavy (non-hydrogen) atoms. The van der Waals surface area contributed by atoms with Crippen molar-refractivity contribution in [2.24, 2.45) is 0 Å². The van der Waals surface area contributed by atoms with Crippen LogP contribution in [0.3, 0.4) is 0 Å². The number of amides is 2. The van der Waals surface area contributed by atoms with Gasteiger partial charge in [-0.1, -0.05) is 32.3 Å². The second-order valence-corrected chi connectivity index (χ2v) is 9.87. The van der Waals surface area contributed by atoms with E-state index in [9.17, 15) is 24.9 Å². The normalized spacial score (nSPS) is 25.2. The van der Waals surface area contributed by atoms with Gasteiger partial charge in [0.1, 0.15) is 12.2 Å². The van der Waals surface area contributed by atoms with Gasteiger partial charge in [-0.05, 0) is 49.1 Å². The van der Waals surface area contributed by atoms with Crippen LogP contribution in [-0.2, 0) is 16.2 Å². The summed E-state index contributed by atoms with van der Waals surface area (Å²) in [6.07, 6.45) is 8.58. The number of carbonyl (C=O) groups is 2. The van der Waals surface area contributed by atoms with E-state index < -0.39 is 30.1 Å². The van der Waals surface area contributed by atoms with E-state index in [1.807, 2.05) is 6.92 Å². The quantitative estimate of drug-likeness (QED) is 0.371. The maximum Gasteiger partial charge on any atom is 0.247 e. The summed E-state index contributed by atoms with van der Waals surface area (Å²) in [7, 11) is 1.50. The number of aliphatic hydroxyl groups is 3. The number of rotatable bonds is 9. The van der Waals surface area contributed by atoms with Crippen LogP contribution < -0.4 is 14.8 Å². The monoisotopic (exact) mass is 514 g/mol. The molecule has 2 aliphatic carbocycles. The van der Waals surface area contributed by atoms with Gasteiger partial charge in [0.15, 0.2) is 11.5 Å². The van der Waals surface area contributed by atoms with Crippen molar-refractivity contribution >= 4 is 11.8 Å². The van der Waals surface area contributed by atoms with Crippen molar-refractivity contribution in [3.8, 4) is 11.5 Å². The highest BCUT2D eigenvalue weighted by molar-refractivity contribution is 5.96. The number of aliphatic hydroxyl groups excluding tert-OH is 3. The number of carbonyl (C=O) groups excluding carboxylic acids is 2. The molecule has 0 aromatic heterocycles. The van der Waals surface area contributed by atoms with Crippen LogP contribution in [0.25, 0.3) is 0 Å². The SMILES string of the molecule is CCC=CC(=O)N(C1CCCCC1)C1C=C(C(=O)NCCO)C2c3cc(CO)cc(OC)c3OC2C1O. The fourth-order valence-corrected chi connectivity index (χ4v) is 5.82. The number of benzene rings is 1. The number of hydrogen-bond acceptors (Lipinski definition) is 7. The first-order valence-corrected chi connectivity index (χ1v) is 13.2. The molecule has 1 fully saturated rings. The summed E-state index contributed by atoms with van der Waals surface area (Å²) in [6.45, 7) is 1.58. The first-order chi connectivity index (χ1) is 17.9. The Morgan fingerprint density at radius 2 is 1.97 bits per heavy atom. The lowest BCUT2D eigenvalue weighted by Crippen LogP contribution is -2.58. The molecular formula is C28H38N2O7. The summed E-state index contributed by atoms with van der Waals surface area (Å²) in [5.41, 5.74) is 1.59. The van der Waals surface area contributed by atoms with E-state index in [1.54, 1.807) is 35.3 Å². The molecule has 0 radical (unpaired) electrons. The Morgan fingerprint density at radius 3 is 2.62 bits per heavy atom. The van der Waals surface area contributed by atoms with Crippen LogP contribution in [0.1, 0.15) is 62.5 Å². The van der Waals surface area contributed by atoms with Crippen LogP contribution in [0, 0.1) is 0 Å². The van der Waals surface area contributed by atoms with Crippen molar-refractivity contribution < 1.29 is 34.4 Å². The van der Waals surface area contributed by atoms with Gasteiger partial charge < -0.3 is 35.0 Å². The summed E-state index contributed by atoms with van der Waals surface area (Å²) in [4.78, 5) is 28.6. The summed E-state index contributed by atoms with van der Waals surface area (Å²) in [5.74, 6) is -0.406. The van der Waals surface area contributed by atoms with Gasteiger partial charge in [0.2, 0.25) is 11.8 Å². The minimum atomic E-state index is -1.10. The lowest BCUT2D eigenvalue weighted by molar-refractivity contribution is -0.136. The fraction of sp³-hybridized carbons (Fsp3) is 0.571. The summed E-state index contributed by atoms with van der Waals surface area (Å²) in [6, 6.07) is 2.60. The average molecular weight is 515 g/mol. The molecule has 4 unspecified atom stereocenters. The van der Waals surface area contributed by atoms with Crippen molar-refractivity contribution in [2.45, 2.75) is 82.3 Å². The molecule has 1 aliphatic heterocycles. The number of ether oxygens (including phenoxy) is 2. The Balaban J connectivity index is 1.82. The average Bonchev–Trinajstić information content (AvgIpc) is 3.32. The van der Waals surface area contributed by atoms with Crippen LogP contribution >= 0.6 is 0 Å². The topological polar surface area (TPSA) is 129 Å². The molecule has 0 bridgehead atoms. The Hall–Kier alpha value is -2.88. The molecule has 0 saturated heterocycles. The minimum Gasteiger partial charge on any atom is -0.493 e. The van der Waals surface area contributed by atoms with E-state index in [4.69, 9.17) is 9.47 Å². The highest BCUT2D eigenvalue weighted by atomic mass is 16.5. The van der Waals surface area contributed by atoms with Crippen molar-refractivity contribution in [3.63, 3.8) is 0 Å². The van der Waals surface area contributed by atoms with E-state index in [-0.39, 0.29) is 31.7 Å². The third kappa shape index (κ3) is 5.39. The maximum atomic E-state index is 13.5. The number of nitrogens with one attached hydrogen (secondary N) is 1. The zero-order valence-electron chi connectivity index (χ0n) is 21.6. The van der Waals surface area contributed by atoms with Crippen molar-refractivity contribution in [3.05, 3.63) is 47.1 Å². The summed E-state index contributed by atoms with van der Waals surface area (Å²) < 4.78 is 11.8. The first kappa shape index (κ1) is 27.2. The van der Waals surface area contributed by atoms with Gasteiger partial charge in [0.05, 0.1) is 32.3 Å². The molecule has 4 N–H and O–H groups in total. The van der Waals surface area contributed by atoms with Crippen molar-refractivity contribution in [1.82, 2.24) is 10.2 Å². The van der Waals surface area contributed by atoms with Crippen LogP contribution in [-0.4, -0.2) is 76.6 Å². The molecule has 1 heterocycles. The lowest BCUT2D eigenvalue weighted by atomic mass is 9.76. The van der Waals surface area contributed by atoms with Gasteiger partial charge in [-0.15, -0.1) is 0 Å². The van der Waals surface area contributed by atoms with Gasteiger partial charge in [-0.2, -0.15) is 0 Å². The molecule has 9 nitrogen and oxygen atoms in total. The van der Waals surface area contributed by atoms with Crippen molar-refractivity contribution in [1.29, 1.82) is 0 Å². The zero-order chi connectivity index (χ0) is 26.5. The molecule has 2 amide bonds. The Kier molecular flexibility index (Phi) is 8.89. The Labute approximate surface area is 217 Å². The molecule has 3 aliphatic rings. The summed E-state index contributed by atoms with van der Waals surface area (Å²) in [5, 5.41) is 33.5. The van der Waals surface area contributed by atoms with Crippen LogP contribution in [0.5, 0.6) is 11.5 Å². The second-order valence-electron chi connectivity index (χ2n) is 9.87. The highest BCUT2D eigenvalue weighted by Crippen LogP contribution is 2.51. The van der Waals surface area contributed by atoms with Crippen LogP contribution in [0.2, 0.25) is 0 Å². The van der Waals surface area contributed by atoms with Crippen molar-refractivity contribution in [2.75, 3.05) is 20.3 Å². The van der Waals surface area contributed by atoms with Gasteiger partial charge in [0, 0.05) is 23.7 Å². The number of allylic oxidation sites excluding steroid dienone is 1. The molecule has 1 aromatic rings. The molecule has 1 saturated carbocycles. The second kappa shape index (κ2) is 12.1. The highest BCUT2D eigenvalue weighted by Gasteiger charge is 2.52. The van der Waals surface area contributed by atoms with E-state index in [2.05, 4.69) is 5.32 Å². The Morgan fingerprint density at radius 1 is 1.22 bits per heavy atom. The third-order valence-corrected chi connectivity index (χ3v) is 7.53. The molecule has 0 spiro atoms. The molecular weight excluding hydrogens is 476 g/mol. The first-order valence-electron chi connectivity index (χ1n) is 13.2. The van der Waals surface area contributed by atoms with Gasteiger partial charge in [-0.25, -0.2) is 0 Å². The van der Waals surface area contributed by atoms with E-state index in [1.165, 1.54) is 7.11 Å². The minimum absolute atomic E-state index is 0.0590. The predicted octanol–water partition coefficient (Wildman–Crippen LogP) is 1.94. The number of methoxy groups -OCH3 is 1. The number of hydrogen-bond donors (Lipinski definition) is 4. The van der Waals surface area contributed by atoms with E-state index >= 15 is 0 Å². The maximum absolute atomic E-state index is 13.5. The van der Waals surface area contributed by atoms with E-state index in [0.717, 1.165) is 32.1 Å².